The van der Waals surface area contributed by atoms with Gasteiger partial charge in [0, 0.05) is 24.0 Å². The molecule has 0 saturated heterocycles. The molecule has 0 amide bonds. The third-order valence-electron chi connectivity index (χ3n) is 1.86. The van der Waals surface area contributed by atoms with E-state index in [1.54, 1.807) is 25.3 Å². The first-order valence-electron chi connectivity index (χ1n) is 4.76. The van der Waals surface area contributed by atoms with Crippen molar-refractivity contribution >= 4 is 11.7 Å². The number of carbonyl (C=O) groups excluding carboxylic acids is 1. The number of nitrogens with two attached hydrogens (primary N) is 2. The first-order valence-corrected chi connectivity index (χ1v) is 4.76. The third-order valence-corrected chi connectivity index (χ3v) is 1.86. The van der Waals surface area contributed by atoms with E-state index in [0.717, 1.165) is 0 Å². The molecule has 1 atom stereocenters. The summed E-state index contributed by atoms with van der Waals surface area (Å²) in [7, 11) is 0. The van der Waals surface area contributed by atoms with Crippen LogP contribution in [0.15, 0.2) is 18.3 Å². The molecule has 5 nitrogen and oxygen atoms in total. The number of aromatic nitrogens is 1. The highest BCUT2D eigenvalue weighted by molar-refractivity contribution is 5.75. The van der Waals surface area contributed by atoms with Gasteiger partial charge < -0.3 is 16.2 Å². The Morgan fingerprint density at radius 3 is 3.00 bits per heavy atom. The number of ether oxygens (including phenoxy) is 1. The summed E-state index contributed by atoms with van der Waals surface area (Å²) in [6.45, 7) is 2.07. The topological polar surface area (TPSA) is 91.2 Å². The number of nitrogens with zero attached hydrogens (tertiary/aromatic N) is 1. The SMILES string of the molecule is CCOC(=O)C(N)Cc1cc(N)ccn1. The minimum absolute atomic E-state index is 0.330. The second-order valence-corrected chi connectivity index (χ2v) is 3.14. The fourth-order valence-corrected chi connectivity index (χ4v) is 1.17. The second kappa shape index (κ2) is 5.31. The molecule has 0 aromatic carbocycles. The van der Waals surface area contributed by atoms with E-state index in [2.05, 4.69) is 4.98 Å². The first kappa shape index (κ1) is 11.5. The number of pyridine rings is 1. The number of esters is 1. The molecule has 0 radical (unpaired) electrons. The molecule has 0 fully saturated rings. The van der Waals surface area contributed by atoms with Gasteiger partial charge >= 0.3 is 5.97 Å². The Morgan fingerprint density at radius 1 is 1.67 bits per heavy atom. The van der Waals surface area contributed by atoms with Crippen LogP contribution in [-0.2, 0) is 16.0 Å². The van der Waals surface area contributed by atoms with Gasteiger partial charge in [0.25, 0.3) is 0 Å². The van der Waals surface area contributed by atoms with Crippen LogP contribution in [0.5, 0.6) is 0 Å². The van der Waals surface area contributed by atoms with E-state index in [4.69, 9.17) is 16.2 Å². The van der Waals surface area contributed by atoms with Crippen molar-refractivity contribution < 1.29 is 9.53 Å². The number of nitrogen functional groups attached to an aromatic ring is 1. The van der Waals surface area contributed by atoms with Gasteiger partial charge in [-0.3, -0.25) is 9.78 Å². The molecule has 15 heavy (non-hydrogen) atoms. The lowest BCUT2D eigenvalue weighted by molar-refractivity contribution is -0.144. The molecule has 0 aliphatic rings. The summed E-state index contributed by atoms with van der Waals surface area (Å²) in [5, 5.41) is 0. The summed E-state index contributed by atoms with van der Waals surface area (Å²) in [5.74, 6) is -0.415. The second-order valence-electron chi connectivity index (χ2n) is 3.14. The van der Waals surface area contributed by atoms with Crippen molar-refractivity contribution in [3.8, 4) is 0 Å². The third kappa shape index (κ3) is 3.55. The smallest absolute Gasteiger partial charge is 0.323 e. The summed E-state index contributed by atoms with van der Waals surface area (Å²) >= 11 is 0. The first-order chi connectivity index (χ1) is 7.13. The van der Waals surface area contributed by atoms with Crippen molar-refractivity contribution in [1.29, 1.82) is 0 Å². The van der Waals surface area contributed by atoms with Gasteiger partial charge in [-0.05, 0) is 19.1 Å². The maximum Gasteiger partial charge on any atom is 0.323 e. The van der Waals surface area contributed by atoms with Crippen LogP contribution >= 0.6 is 0 Å². The van der Waals surface area contributed by atoms with Crippen LogP contribution in [0.2, 0.25) is 0 Å². The van der Waals surface area contributed by atoms with Gasteiger partial charge in [-0.15, -0.1) is 0 Å². The van der Waals surface area contributed by atoms with Gasteiger partial charge in [0.1, 0.15) is 6.04 Å². The van der Waals surface area contributed by atoms with Gasteiger partial charge in [0.15, 0.2) is 0 Å². The molecular weight excluding hydrogens is 194 g/mol. The molecule has 0 aliphatic heterocycles. The molecule has 4 N–H and O–H groups in total. The Labute approximate surface area is 88.4 Å². The van der Waals surface area contributed by atoms with Crippen LogP contribution in [0.4, 0.5) is 5.69 Å². The Morgan fingerprint density at radius 2 is 2.40 bits per heavy atom. The van der Waals surface area contributed by atoms with E-state index in [0.29, 0.717) is 24.4 Å². The van der Waals surface area contributed by atoms with Crippen LogP contribution in [0.1, 0.15) is 12.6 Å². The highest BCUT2D eigenvalue weighted by Crippen LogP contribution is 2.05. The Balaban J connectivity index is 2.58. The summed E-state index contributed by atoms with van der Waals surface area (Å²) in [4.78, 5) is 15.3. The monoisotopic (exact) mass is 209 g/mol. The van der Waals surface area contributed by atoms with Crippen LogP contribution in [-0.4, -0.2) is 23.6 Å². The number of carbonyl (C=O) groups is 1. The molecule has 0 aliphatic carbocycles. The zero-order chi connectivity index (χ0) is 11.3. The minimum Gasteiger partial charge on any atom is -0.465 e. The van der Waals surface area contributed by atoms with Crippen molar-refractivity contribution in [1.82, 2.24) is 4.98 Å². The van der Waals surface area contributed by atoms with E-state index >= 15 is 0 Å². The lowest BCUT2D eigenvalue weighted by Crippen LogP contribution is -2.34. The van der Waals surface area contributed by atoms with Gasteiger partial charge in [0.2, 0.25) is 0 Å². The Bertz CT molecular complexity index is 341. The number of anilines is 1. The van der Waals surface area contributed by atoms with E-state index in [1.165, 1.54) is 0 Å². The minimum atomic E-state index is -0.681. The van der Waals surface area contributed by atoms with Crippen LogP contribution in [0.25, 0.3) is 0 Å². The summed E-state index contributed by atoms with van der Waals surface area (Å²) in [6.07, 6.45) is 1.92. The largest absolute Gasteiger partial charge is 0.465 e. The molecule has 0 spiro atoms. The van der Waals surface area contributed by atoms with Gasteiger partial charge in [-0.1, -0.05) is 0 Å². The molecule has 1 rings (SSSR count). The van der Waals surface area contributed by atoms with E-state index in [1.807, 2.05) is 0 Å². The highest BCUT2D eigenvalue weighted by atomic mass is 16.5. The molecule has 1 unspecified atom stereocenters. The van der Waals surface area contributed by atoms with E-state index in [9.17, 15) is 4.79 Å². The average molecular weight is 209 g/mol. The zero-order valence-electron chi connectivity index (χ0n) is 8.64. The molecule has 0 bridgehead atoms. The predicted molar refractivity (Wildman–Crippen MR) is 57.0 cm³/mol. The molecule has 1 aromatic heterocycles. The number of hydrogen-bond acceptors (Lipinski definition) is 5. The molecule has 1 aromatic rings. The quantitative estimate of drug-likeness (QED) is 0.686. The molecular formula is C10H15N3O2. The fraction of sp³-hybridized carbons (Fsp3) is 0.400. The maximum absolute atomic E-state index is 11.2. The highest BCUT2D eigenvalue weighted by Gasteiger charge is 2.15. The fourth-order valence-electron chi connectivity index (χ4n) is 1.17. The molecule has 0 saturated carbocycles. The van der Waals surface area contributed by atoms with Crippen molar-refractivity contribution in [3.63, 3.8) is 0 Å². The van der Waals surface area contributed by atoms with Gasteiger partial charge in [-0.25, -0.2) is 0 Å². The molecule has 1 heterocycles. The van der Waals surface area contributed by atoms with Crippen molar-refractivity contribution in [3.05, 3.63) is 24.0 Å². The van der Waals surface area contributed by atoms with Gasteiger partial charge in [0.05, 0.1) is 6.61 Å². The van der Waals surface area contributed by atoms with Crippen LogP contribution < -0.4 is 11.5 Å². The number of hydrogen-bond donors (Lipinski definition) is 2. The zero-order valence-corrected chi connectivity index (χ0v) is 8.64. The van der Waals surface area contributed by atoms with Crippen molar-refractivity contribution in [2.45, 2.75) is 19.4 Å². The predicted octanol–water partition coefficient (Wildman–Crippen LogP) is 0.0967. The van der Waals surface area contributed by atoms with Crippen molar-refractivity contribution in [2.24, 2.45) is 5.73 Å². The molecule has 5 heteroatoms. The summed E-state index contributed by atoms with van der Waals surface area (Å²) in [5.41, 5.74) is 12.5. The van der Waals surface area contributed by atoms with Crippen LogP contribution in [0, 0.1) is 0 Å². The maximum atomic E-state index is 11.2. The van der Waals surface area contributed by atoms with Crippen LogP contribution in [0.3, 0.4) is 0 Å². The van der Waals surface area contributed by atoms with E-state index < -0.39 is 12.0 Å². The van der Waals surface area contributed by atoms with E-state index in [-0.39, 0.29) is 0 Å². The lowest BCUT2D eigenvalue weighted by atomic mass is 10.1. The molecule has 82 valence electrons. The Kier molecular flexibility index (Phi) is 4.05. The lowest BCUT2D eigenvalue weighted by Gasteiger charge is -2.09. The average Bonchev–Trinajstić information content (AvgIpc) is 2.18. The number of rotatable bonds is 4. The standard InChI is InChI=1S/C10H15N3O2/c1-2-15-10(14)9(12)6-8-5-7(11)3-4-13-8/h3-5,9H,2,6,12H2,1H3,(H2,11,13). The van der Waals surface area contributed by atoms with Gasteiger partial charge in [-0.2, -0.15) is 0 Å². The van der Waals surface area contributed by atoms with Crippen molar-refractivity contribution in [2.75, 3.05) is 12.3 Å². The normalized spacial score (nSPS) is 12.1. The summed E-state index contributed by atoms with van der Waals surface area (Å²) in [6, 6.07) is 2.69. The Hall–Kier alpha value is -1.62. The summed E-state index contributed by atoms with van der Waals surface area (Å²) < 4.78 is 4.78.